The summed E-state index contributed by atoms with van der Waals surface area (Å²) in [6.07, 6.45) is 1.72. The van der Waals surface area contributed by atoms with Crippen LogP contribution in [-0.4, -0.2) is 24.3 Å². The number of aromatic nitrogens is 1. The van der Waals surface area contributed by atoms with Gasteiger partial charge in [0.2, 0.25) is 0 Å². The van der Waals surface area contributed by atoms with Crippen molar-refractivity contribution in [2.24, 2.45) is 4.99 Å². The average molecular weight is 628 g/mol. The van der Waals surface area contributed by atoms with Crippen LogP contribution in [0.25, 0.3) is 6.08 Å². The maximum absolute atomic E-state index is 13.8. The first kappa shape index (κ1) is 29.6. The zero-order chi connectivity index (χ0) is 30.0. The molecule has 11 heteroatoms. The maximum atomic E-state index is 13.8. The minimum Gasteiger partial charge on any atom is -0.493 e. The summed E-state index contributed by atoms with van der Waals surface area (Å²) in [5.74, 6) is -0.0517. The van der Waals surface area contributed by atoms with Crippen LogP contribution in [0, 0.1) is 5.82 Å². The minimum atomic E-state index is -0.826. The summed E-state index contributed by atoms with van der Waals surface area (Å²) < 4.78 is 32.4. The molecule has 216 valence electrons. The topological polar surface area (TPSA) is 79.1 Å². The Morgan fingerprint density at radius 3 is 2.55 bits per heavy atom. The van der Waals surface area contributed by atoms with Gasteiger partial charge in [0.1, 0.15) is 12.4 Å². The van der Waals surface area contributed by atoms with Crippen LogP contribution in [0.5, 0.6) is 11.5 Å². The predicted octanol–water partition coefficient (Wildman–Crippen LogP) is 5.83. The molecule has 3 aromatic carbocycles. The lowest BCUT2D eigenvalue weighted by Gasteiger charge is -2.24. The van der Waals surface area contributed by atoms with Crippen molar-refractivity contribution >= 4 is 46.6 Å². The number of hydrogen-bond donors (Lipinski definition) is 0. The number of ether oxygens (including phenoxy) is 3. The molecule has 1 aliphatic rings. The molecule has 42 heavy (non-hydrogen) atoms. The summed E-state index contributed by atoms with van der Waals surface area (Å²) >= 11 is 13.4. The van der Waals surface area contributed by atoms with Crippen molar-refractivity contribution in [1.29, 1.82) is 0 Å². The highest BCUT2D eigenvalue weighted by atomic mass is 35.5. The molecule has 4 aromatic rings. The lowest BCUT2D eigenvalue weighted by molar-refractivity contribution is -0.139. The first-order chi connectivity index (χ1) is 20.2. The molecule has 1 aromatic heterocycles. The van der Waals surface area contributed by atoms with Gasteiger partial charge in [-0.15, -0.1) is 0 Å². The third kappa shape index (κ3) is 5.99. The van der Waals surface area contributed by atoms with Crippen molar-refractivity contribution in [2.75, 3.05) is 13.7 Å². The smallest absolute Gasteiger partial charge is 0.338 e. The van der Waals surface area contributed by atoms with Gasteiger partial charge in [-0.1, -0.05) is 58.8 Å². The van der Waals surface area contributed by atoms with Crippen LogP contribution >= 0.6 is 34.5 Å². The Bertz CT molecular complexity index is 1880. The summed E-state index contributed by atoms with van der Waals surface area (Å²) in [6.45, 7) is 3.76. The minimum absolute atomic E-state index is 0.157. The second-order valence-electron chi connectivity index (χ2n) is 9.29. The molecule has 2 heterocycles. The summed E-state index contributed by atoms with van der Waals surface area (Å²) in [6, 6.07) is 15.3. The Morgan fingerprint density at radius 2 is 1.86 bits per heavy atom. The van der Waals surface area contributed by atoms with Crippen molar-refractivity contribution < 1.29 is 23.4 Å². The number of halogens is 3. The van der Waals surface area contributed by atoms with Crippen LogP contribution in [-0.2, 0) is 16.1 Å². The fraction of sp³-hybridized carbons (Fsp3) is 0.194. The van der Waals surface area contributed by atoms with Gasteiger partial charge < -0.3 is 14.2 Å². The molecule has 5 rings (SSSR count). The Kier molecular flexibility index (Phi) is 8.82. The molecule has 0 N–H and O–H groups in total. The Labute approximate surface area is 254 Å². The van der Waals surface area contributed by atoms with Crippen LogP contribution in [0.15, 0.2) is 81.7 Å². The lowest BCUT2D eigenvalue weighted by atomic mass is 9.96. The van der Waals surface area contributed by atoms with E-state index in [1.54, 1.807) is 68.5 Å². The summed E-state index contributed by atoms with van der Waals surface area (Å²) in [5, 5.41) is 1.03. The number of thiazole rings is 1. The Morgan fingerprint density at radius 1 is 1.10 bits per heavy atom. The molecule has 0 saturated heterocycles. The molecule has 0 unspecified atom stereocenters. The maximum Gasteiger partial charge on any atom is 0.338 e. The molecule has 0 spiro atoms. The van der Waals surface area contributed by atoms with E-state index < -0.39 is 17.8 Å². The number of fused-ring (bicyclic) bond motifs is 1. The van der Waals surface area contributed by atoms with Crippen LogP contribution in [0.2, 0.25) is 10.0 Å². The van der Waals surface area contributed by atoms with Crippen molar-refractivity contribution in [2.45, 2.75) is 26.5 Å². The fourth-order valence-electron chi connectivity index (χ4n) is 4.59. The van der Waals surface area contributed by atoms with Gasteiger partial charge in [0.15, 0.2) is 16.3 Å². The molecule has 0 radical (unpaired) electrons. The first-order valence-electron chi connectivity index (χ1n) is 12.9. The summed E-state index contributed by atoms with van der Waals surface area (Å²) in [7, 11) is 1.53. The largest absolute Gasteiger partial charge is 0.493 e. The molecular weight excluding hydrogens is 602 g/mol. The van der Waals surface area contributed by atoms with Crippen LogP contribution in [0.4, 0.5) is 4.39 Å². The van der Waals surface area contributed by atoms with Crippen LogP contribution < -0.4 is 24.4 Å². The van der Waals surface area contributed by atoms with E-state index in [4.69, 9.17) is 37.4 Å². The monoisotopic (exact) mass is 626 g/mol. The SMILES string of the molecule is CCOC(=O)C1=C(C)N=c2s/c(=C\c3ccc(OCc4ccc(Cl)cc4Cl)c(OC)c3)c(=O)n2[C@@H]1c1ccc(F)cc1. The van der Waals surface area contributed by atoms with Gasteiger partial charge in [0.05, 0.1) is 35.6 Å². The number of esters is 1. The standard InChI is InChI=1S/C31H25Cl2FN2O5S/c1-4-40-30(38)27-17(2)35-31-36(28(27)19-7-10-22(34)11-8-19)29(37)26(42-31)14-18-5-12-24(25(13-18)39-3)41-16-20-6-9-21(32)15-23(20)33/h5-15,28H,4,16H2,1-3H3/b26-14-/t28-/m1/s1. The van der Waals surface area contributed by atoms with E-state index in [0.717, 1.165) is 5.56 Å². The molecule has 7 nitrogen and oxygen atoms in total. The molecule has 0 bridgehead atoms. The molecule has 0 amide bonds. The summed E-state index contributed by atoms with van der Waals surface area (Å²) in [4.78, 5) is 31.8. The average Bonchev–Trinajstić information content (AvgIpc) is 3.26. The lowest BCUT2D eigenvalue weighted by Crippen LogP contribution is -2.39. The third-order valence-corrected chi connectivity index (χ3v) is 8.16. The van der Waals surface area contributed by atoms with Crippen molar-refractivity contribution in [3.8, 4) is 11.5 Å². The van der Waals surface area contributed by atoms with E-state index in [9.17, 15) is 14.0 Å². The Hall–Kier alpha value is -3.92. The van der Waals surface area contributed by atoms with Gasteiger partial charge in [-0.25, -0.2) is 14.2 Å². The molecule has 0 fully saturated rings. The first-order valence-corrected chi connectivity index (χ1v) is 14.5. The van der Waals surface area contributed by atoms with Crippen molar-refractivity contribution in [3.05, 3.63) is 124 Å². The molecular formula is C31H25Cl2FN2O5S. The third-order valence-electron chi connectivity index (χ3n) is 6.59. The number of rotatable bonds is 8. The van der Waals surface area contributed by atoms with E-state index in [0.29, 0.717) is 47.7 Å². The van der Waals surface area contributed by atoms with Gasteiger partial charge >= 0.3 is 5.97 Å². The van der Waals surface area contributed by atoms with Crippen molar-refractivity contribution in [1.82, 2.24) is 4.57 Å². The van der Waals surface area contributed by atoms with Crippen LogP contribution in [0.1, 0.15) is 36.6 Å². The highest BCUT2D eigenvalue weighted by Gasteiger charge is 2.33. The number of hydrogen-bond acceptors (Lipinski definition) is 7. The molecule has 0 aliphatic carbocycles. The van der Waals surface area contributed by atoms with E-state index in [1.807, 2.05) is 0 Å². The number of methoxy groups -OCH3 is 1. The van der Waals surface area contributed by atoms with E-state index in [2.05, 4.69) is 4.99 Å². The number of benzene rings is 3. The van der Waals surface area contributed by atoms with Gasteiger partial charge in [0, 0.05) is 15.6 Å². The van der Waals surface area contributed by atoms with Gasteiger partial charge in [-0.05, 0) is 67.4 Å². The normalized spacial score (nSPS) is 14.8. The number of nitrogens with zero attached hydrogens (tertiary/aromatic N) is 2. The zero-order valence-corrected chi connectivity index (χ0v) is 25.1. The molecule has 1 aliphatic heterocycles. The number of carbonyl (C=O) groups is 1. The molecule has 0 saturated carbocycles. The number of carbonyl (C=O) groups excluding carboxylic acids is 1. The molecule has 1 atom stereocenters. The highest BCUT2D eigenvalue weighted by molar-refractivity contribution is 7.07. The van der Waals surface area contributed by atoms with Crippen LogP contribution in [0.3, 0.4) is 0 Å². The zero-order valence-electron chi connectivity index (χ0n) is 22.8. The quantitative estimate of drug-likeness (QED) is 0.230. The highest BCUT2D eigenvalue weighted by Crippen LogP contribution is 2.32. The second-order valence-corrected chi connectivity index (χ2v) is 11.1. The Balaban J connectivity index is 1.53. The number of allylic oxidation sites excluding steroid dienone is 1. The summed E-state index contributed by atoms with van der Waals surface area (Å²) in [5.41, 5.74) is 2.32. The van der Waals surface area contributed by atoms with E-state index in [1.165, 1.54) is 35.1 Å². The predicted molar refractivity (Wildman–Crippen MR) is 161 cm³/mol. The van der Waals surface area contributed by atoms with E-state index >= 15 is 0 Å². The van der Waals surface area contributed by atoms with Gasteiger partial charge in [-0.2, -0.15) is 0 Å². The fourth-order valence-corrected chi connectivity index (χ4v) is 6.10. The van der Waals surface area contributed by atoms with Gasteiger partial charge in [0.25, 0.3) is 5.56 Å². The second kappa shape index (κ2) is 12.5. The van der Waals surface area contributed by atoms with Crippen molar-refractivity contribution in [3.63, 3.8) is 0 Å². The van der Waals surface area contributed by atoms with Gasteiger partial charge in [-0.3, -0.25) is 9.36 Å². The van der Waals surface area contributed by atoms with E-state index in [-0.39, 0.29) is 24.3 Å².